The van der Waals surface area contributed by atoms with Gasteiger partial charge >= 0.3 is 0 Å². The van der Waals surface area contributed by atoms with Gasteiger partial charge in [0, 0.05) is 19.4 Å². The molecule has 0 saturated heterocycles. The zero-order chi connectivity index (χ0) is 12.3. The maximum absolute atomic E-state index is 11.9. The molecular formula is C11H14N4OS. The number of rotatable bonds is 4. The molecule has 0 saturated carbocycles. The molecule has 2 rings (SSSR count). The first kappa shape index (κ1) is 11.8. The van der Waals surface area contributed by atoms with Crippen LogP contribution in [-0.2, 0) is 7.05 Å². The fourth-order valence-electron chi connectivity index (χ4n) is 1.67. The lowest BCUT2D eigenvalue weighted by Gasteiger charge is -2.16. The van der Waals surface area contributed by atoms with Crippen molar-refractivity contribution in [3.63, 3.8) is 0 Å². The molecule has 2 heterocycles. The van der Waals surface area contributed by atoms with Crippen LogP contribution < -0.4 is 5.32 Å². The number of nitrogens with one attached hydrogen (secondary N) is 1. The summed E-state index contributed by atoms with van der Waals surface area (Å²) >= 11 is 1.20. The van der Waals surface area contributed by atoms with Crippen molar-refractivity contribution >= 4 is 17.4 Å². The maximum atomic E-state index is 11.9. The molecule has 0 aliphatic carbocycles. The second-order valence-electron chi connectivity index (χ2n) is 3.69. The first-order valence-electron chi connectivity index (χ1n) is 5.41. The summed E-state index contributed by atoms with van der Waals surface area (Å²) in [6, 6.07) is 3.62. The van der Waals surface area contributed by atoms with Gasteiger partial charge in [-0.25, -0.2) is 4.37 Å². The first-order chi connectivity index (χ1) is 8.22. The fraction of sp³-hybridized carbons (Fsp3) is 0.364. The molecule has 1 amide bonds. The quantitative estimate of drug-likeness (QED) is 0.899. The molecular weight excluding hydrogens is 236 g/mol. The fourth-order valence-corrected chi connectivity index (χ4v) is 2.17. The van der Waals surface area contributed by atoms with Gasteiger partial charge in [0.2, 0.25) is 0 Å². The van der Waals surface area contributed by atoms with Crippen LogP contribution in [0.5, 0.6) is 0 Å². The van der Waals surface area contributed by atoms with E-state index in [9.17, 15) is 4.79 Å². The Kier molecular flexibility index (Phi) is 3.53. The zero-order valence-electron chi connectivity index (χ0n) is 9.75. The first-order valence-corrected chi connectivity index (χ1v) is 6.19. The van der Waals surface area contributed by atoms with Crippen LogP contribution in [0.3, 0.4) is 0 Å². The van der Waals surface area contributed by atoms with Crippen LogP contribution in [0.15, 0.2) is 24.5 Å². The highest BCUT2D eigenvalue weighted by Gasteiger charge is 2.17. The number of carbonyl (C=O) groups is 1. The second kappa shape index (κ2) is 5.09. The summed E-state index contributed by atoms with van der Waals surface area (Å²) in [6.45, 7) is 2.03. The largest absolute Gasteiger partial charge is 0.343 e. The molecule has 17 heavy (non-hydrogen) atoms. The van der Waals surface area contributed by atoms with E-state index in [2.05, 4.69) is 14.8 Å². The van der Waals surface area contributed by atoms with Crippen molar-refractivity contribution in [2.45, 2.75) is 19.4 Å². The predicted octanol–water partition coefficient (Wildman–Crippen LogP) is 1.76. The molecule has 0 aliphatic rings. The monoisotopic (exact) mass is 250 g/mol. The molecule has 1 unspecified atom stereocenters. The van der Waals surface area contributed by atoms with E-state index in [0.717, 1.165) is 12.1 Å². The van der Waals surface area contributed by atoms with Gasteiger partial charge < -0.3 is 5.32 Å². The predicted molar refractivity (Wildman–Crippen MR) is 65.8 cm³/mol. The van der Waals surface area contributed by atoms with E-state index in [-0.39, 0.29) is 11.9 Å². The number of hydrogen-bond donors (Lipinski definition) is 1. The van der Waals surface area contributed by atoms with E-state index in [1.807, 2.05) is 20.0 Å². The summed E-state index contributed by atoms with van der Waals surface area (Å²) in [5, 5.41) is 7.09. The summed E-state index contributed by atoms with van der Waals surface area (Å²) in [6.07, 6.45) is 4.19. The third-order valence-corrected chi connectivity index (χ3v) is 3.34. The van der Waals surface area contributed by atoms with Crippen molar-refractivity contribution in [2.75, 3.05) is 0 Å². The second-order valence-corrected chi connectivity index (χ2v) is 4.52. The number of aromatic nitrogens is 3. The number of aryl methyl sites for hydroxylation is 1. The van der Waals surface area contributed by atoms with Crippen molar-refractivity contribution in [1.82, 2.24) is 19.5 Å². The van der Waals surface area contributed by atoms with Crippen LogP contribution in [-0.4, -0.2) is 20.1 Å². The van der Waals surface area contributed by atoms with E-state index in [0.29, 0.717) is 4.88 Å². The van der Waals surface area contributed by atoms with Crippen LogP contribution >= 0.6 is 11.5 Å². The van der Waals surface area contributed by atoms with E-state index >= 15 is 0 Å². The Bertz CT molecular complexity index is 491. The van der Waals surface area contributed by atoms with Crippen LogP contribution in [0.4, 0.5) is 0 Å². The molecule has 0 radical (unpaired) electrons. The molecule has 1 N–H and O–H groups in total. The van der Waals surface area contributed by atoms with Gasteiger partial charge in [0.05, 0.1) is 11.7 Å². The minimum Gasteiger partial charge on any atom is -0.343 e. The van der Waals surface area contributed by atoms with Crippen molar-refractivity contribution in [2.24, 2.45) is 7.05 Å². The highest BCUT2D eigenvalue weighted by molar-refractivity contribution is 7.08. The van der Waals surface area contributed by atoms with Gasteiger partial charge in [-0.2, -0.15) is 5.10 Å². The van der Waals surface area contributed by atoms with Gasteiger partial charge in [-0.15, -0.1) is 0 Å². The topological polar surface area (TPSA) is 59.8 Å². The molecule has 0 bridgehead atoms. The van der Waals surface area contributed by atoms with Gasteiger partial charge in [-0.3, -0.25) is 9.48 Å². The van der Waals surface area contributed by atoms with E-state index < -0.39 is 0 Å². The lowest BCUT2D eigenvalue weighted by atomic mass is 10.1. The minimum absolute atomic E-state index is 0.0166. The minimum atomic E-state index is -0.0828. The Hall–Kier alpha value is -1.69. The Balaban J connectivity index is 2.11. The Morgan fingerprint density at radius 1 is 1.53 bits per heavy atom. The maximum Gasteiger partial charge on any atom is 0.263 e. The Labute approximate surface area is 104 Å². The van der Waals surface area contributed by atoms with Crippen LogP contribution in [0.2, 0.25) is 0 Å². The van der Waals surface area contributed by atoms with Crippen LogP contribution in [0.1, 0.15) is 34.8 Å². The third kappa shape index (κ3) is 2.52. The SMILES string of the molecule is CCC(NC(=O)c1ccns1)c1ccnn1C. The molecule has 0 aromatic carbocycles. The van der Waals surface area contributed by atoms with Gasteiger partial charge in [-0.05, 0) is 30.1 Å². The number of hydrogen-bond acceptors (Lipinski definition) is 4. The molecule has 5 nitrogen and oxygen atoms in total. The van der Waals surface area contributed by atoms with E-state index in [1.54, 1.807) is 23.1 Å². The summed E-state index contributed by atoms with van der Waals surface area (Å²) < 4.78 is 5.70. The smallest absolute Gasteiger partial charge is 0.263 e. The molecule has 2 aromatic heterocycles. The molecule has 2 aromatic rings. The van der Waals surface area contributed by atoms with Crippen molar-refractivity contribution in [3.8, 4) is 0 Å². The summed E-state index contributed by atoms with van der Waals surface area (Å²) in [7, 11) is 1.87. The molecule has 0 spiro atoms. The van der Waals surface area contributed by atoms with Gasteiger partial charge in [-0.1, -0.05) is 6.92 Å². The summed E-state index contributed by atoms with van der Waals surface area (Å²) in [4.78, 5) is 12.5. The van der Waals surface area contributed by atoms with Crippen molar-refractivity contribution in [3.05, 3.63) is 35.1 Å². The van der Waals surface area contributed by atoms with E-state index in [4.69, 9.17) is 0 Å². The zero-order valence-corrected chi connectivity index (χ0v) is 10.6. The lowest BCUT2D eigenvalue weighted by molar-refractivity contribution is 0.0938. The average molecular weight is 250 g/mol. The van der Waals surface area contributed by atoms with Gasteiger partial charge in [0.1, 0.15) is 4.88 Å². The number of carbonyl (C=O) groups excluding carboxylic acids is 1. The van der Waals surface area contributed by atoms with Crippen molar-refractivity contribution in [1.29, 1.82) is 0 Å². The van der Waals surface area contributed by atoms with Crippen LogP contribution in [0, 0.1) is 0 Å². The molecule has 90 valence electrons. The highest BCUT2D eigenvalue weighted by atomic mass is 32.1. The van der Waals surface area contributed by atoms with E-state index in [1.165, 1.54) is 11.5 Å². The molecule has 1 atom stereocenters. The van der Waals surface area contributed by atoms with Crippen molar-refractivity contribution < 1.29 is 4.79 Å². The molecule has 6 heteroatoms. The normalized spacial score (nSPS) is 12.4. The lowest BCUT2D eigenvalue weighted by Crippen LogP contribution is -2.28. The summed E-state index contributed by atoms with van der Waals surface area (Å²) in [5.41, 5.74) is 1.00. The van der Waals surface area contributed by atoms with Crippen LogP contribution in [0.25, 0.3) is 0 Å². The van der Waals surface area contributed by atoms with Gasteiger partial charge in [0.15, 0.2) is 0 Å². The third-order valence-electron chi connectivity index (χ3n) is 2.59. The van der Waals surface area contributed by atoms with Gasteiger partial charge in [0.25, 0.3) is 5.91 Å². The standard InChI is InChI=1S/C11H14N4OS/c1-3-8(9-4-6-12-15(9)2)14-11(16)10-5-7-13-17-10/h4-8H,3H2,1-2H3,(H,14,16). The summed E-state index contributed by atoms with van der Waals surface area (Å²) in [5.74, 6) is -0.0828. The average Bonchev–Trinajstić information content (AvgIpc) is 2.96. The number of amides is 1. The number of nitrogens with zero attached hydrogens (tertiary/aromatic N) is 3. The Morgan fingerprint density at radius 2 is 2.35 bits per heavy atom. The Morgan fingerprint density at radius 3 is 2.88 bits per heavy atom. The highest BCUT2D eigenvalue weighted by Crippen LogP contribution is 2.16. The molecule has 0 aliphatic heterocycles. The molecule has 0 fully saturated rings.